The summed E-state index contributed by atoms with van der Waals surface area (Å²) in [4.78, 5) is 1.25. The van der Waals surface area contributed by atoms with Crippen LogP contribution in [0.4, 0.5) is 5.69 Å². The summed E-state index contributed by atoms with van der Waals surface area (Å²) < 4.78 is 5.30. The Morgan fingerprint density at radius 1 is 1.50 bits per heavy atom. The van der Waals surface area contributed by atoms with Crippen molar-refractivity contribution in [3.63, 3.8) is 0 Å². The van der Waals surface area contributed by atoms with E-state index in [0.717, 1.165) is 38.3 Å². The third-order valence-electron chi connectivity index (χ3n) is 2.55. The van der Waals surface area contributed by atoms with Crippen LogP contribution in [0.15, 0.2) is 11.4 Å². The molecule has 78 valence electrons. The fraction of sp³-hybridized carbons (Fsp3) is 0.600. The molecule has 2 heterocycles. The van der Waals surface area contributed by atoms with Crippen LogP contribution in [0.5, 0.6) is 0 Å². The molecule has 1 saturated heterocycles. The molecule has 0 atom stereocenters. The summed E-state index contributed by atoms with van der Waals surface area (Å²) >= 11 is 1.72. The third kappa shape index (κ3) is 2.47. The van der Waals surface area contributed by atoms with Gasteiger partial charge in [-0.1, -0.05) is 0 Å². The summed E-state index contributed by atoms with van der Waals surface area (Å²) in [7, 11) is 0. The van der Waals surface area contributed by atoms with Gasteiger partial charge in [0, 0.05) is 36.4 Å². The van der Waals surface area contributed by atoms with Crippen LogP contribution in [-0.2, 0) is 11.3 Å². The molecule has 4 heteroatoms. The molecule has 0 spiro atoms. The number of hydrogen-bond donors (Lipinski definition) is 2. The van der Waals surface area contributed by atoms with E-state index in [1.54, 1.807) is 11.3 Å². The normalized spacial score (nSPS) is 18.6. The lowest BCUT2D eigenvalue weighted by atomic mass is 10.1. The molecular weight excluding hydrogens is 196 g/mol. The van der Waals surface area contributed by atoms with Gasteiger partial charge >= 0.3 is 0 Å². The van der Waals surface area contributed by atoms with Gasteiger partial charge in [-0.05, 0) is 24.3 Å². The molecule has 1 aromatic rings. The van der Waals surface area contributed by atoms with Gasteiger partial charge in [0.05, 0.1) is 0 Å². The van der Waals surface area contributed by atoms with Crippen LogP contribution >= 0.6 is 11.3 Å². The molecule has 0 saturated carbocycles. The summed E-state index contributed by atoms with van der Waals surface area (Å²) in [6.45, 7) is 2.67. The lowest BCUT2D eigenvalue weighted by Crippen LogP contribution is -2.34. The molecule has 1 aliphatic heterocycles. The van der Waals surface area contributed by atoms with E-state index in [9.17, 15) is 0 Å². The topological polar surface area (TPSA) is 47.3 Å². The lowest BCUT2D eigenvalue weighted by molar-refractivity contribution is 0.0777. The lowest BCUT2D eigenvalue weighted by Gasteiger charge is -2.22. The van der Waals surface area contributed by atoms with Crippen LogP contribution in [0.25, 0.3) is 0 Å². The van der Waals surface area contributed by atoms with Crippen molar-refractivity contribution in [2.75, 3.05) is 18.9 Å². The summed E-state index contributed by atoms with van der Waals surface area (Å²) in [6, 6.07) is 2.57. The van der Waals surface area contributed by atoms with Crippen LogP contribution in [0.1, 0.15) is 17.7 Å². The summed E-state index contributed by atoms with van der Waals surface area (Å²) in [5.74, 6) is 0. The zero-order chi connectivity index (χ0) is 9.80. The molecule has 14 heavy (non-hydrogen) atoms. The number of rotatable bonds is 3. The molecule has 2 rings (SSSR count). The van der Waals surface area contributed by atoms with Gasteiger partial charge in [-0.25, -0.2) is 0 Å². The van der Waals surface area contributed by atoms with E-state index in [1.165, 1.54) is 4.88 Å². The smallest absolute Gasteiger partial charge is 0.0480 e. The number of hydrogen-bond acceptors (Lipinski definition) is 4. The highest BCUT2D eigenvalue weighted by atomic mass is 32.1. The molecule has 0 amide bonds. The highest BCUT2D eigenvalue weighted by Gasteiger charge is 2.13. The van der Waals surface area contributed by atoms with E-state index in [0.29, 0.717) is 6.04 Å². The minimum Gasteiger partial charge on any atom is -0.398 e. The molecule has 1 fully saturated rings. The van der Waals surface area contributed by atoms with Gasteiger partial charge in [-0.3, -0.25) is 0 Å². The summed E-state index contributed by atoms with van der Waals surface area (Å²) in [5, 5.41) is 5.55. The third-order valence-corrected chi connectivity index (χ3v) is 3.49. The van der Waals surface area contributed by atoms with E-state index in [4.69, 9.17) is 10.5 Å². The van der Waals surface area contributed by atoms with Gasteiger partial charge in [0.15, 0.2) is 0 Å². The molecule has 1 aromatic heterocycles. The zero-order valence-corrected chi connectivity index (χ0v) is 8.98. The van der Waals surface area contributed by atoms with Gasteiger partial charge in [-0.15, -0.1) is 11.3 Å². The Morgan fingerprint density at radius 3 is 2.93 bits per heavy atom. The summed E-state index contributed by atoms with van der Waals surface area (Å²) in [5.41, 5.74) is 6.71. The molecule has 0 unspecified atom stereocenters. The maximum atomic E-state index is 5.80. The Bertz CT molecular complexity index is 281. The molecule has 0 aromatic carbocycles. The van der Waals surface area contributed by atoms with Crippen molar-refractivity contribution >= 4 is 17.0 Å². The Balaban J connectivity index is 1.79. The second kappa shape index (κ2) is 4.77. The van der Waals surface area contributed by atoms with E-state index in [2.05, 4.69) is 5.32 Å². The Morgan fingerprint density at radius 2 is 2.29 bits per heavy atom. The molecular formula is C10H16N2OS. The maximum Gasteiger partial charge on any atom is 0.0480 e. The average molecular weight is 212 g/mol. The highest BCUT2D eigenvalue weighted by molar-refractivity contribution is 7.10. The van der Waals surface area contributed by atoms with Crippen LogP contribution in [0.2, 0.25) is 0 Å². The van der Waals surface area contributed by atoms with Crippen molar-refractivity contribution in [1.29, 1.82) is 0 Å². The second-order valence-corrected chi connectivity index (χ2v) is 4.57. The van der Waals surface area contributed by atoms with E-state index in [1.807, 2.05) is 11.4 Å². The van der Waals surface area contributed by atoms with E-state index in [-0.39, 0.29) is 0 Å². The van der Waals surface area contributed by atoms with E-state index >= 15 is 0 Å². The van der Waals surface area contributed by atoms with Crippen molar-refractivity contribution in [3.05, 3.63) is 16.3 Å². The van der Waals surface area contributed by atoms with Crippen molar-refractivity contribution in [1.82, 2.24) is 5.32 Å². The number of nitrogen functional groups attached to an aromatic ring is 1. The molecule has 3 N–H and O–H groups in total. The molecule has 3 nitrogen and oxygen atoms in total. The van der Waals surface area contributed by atoms with Crippen molar-refractivity contribution in [2.24, 2.45) is 0 Å². The summed E-state index contributed by atoms with van der Waals surface area (Å²) in [6.07, 6.45) is 2.23. The van der Waals surface area contributed by atoms with Crippen molar-refractivity contribution in [3.8, 4) is 0 Å². The van der Waals surface area contributed by atoms with Gasteiger partial charge in [0.25, 0.3) is 0 Å². The van der Waals surface area contributed by atoms with Crippen molar-refractivity contribution < 1.29 is 4.74 Å². The quantitative estimate of drug-likeness (QED) is 0.800. The second-order valence-electron chi connectivity index (χ2n) is 3.57. The standard InChI is InChI=1S/C10H16N2OS/c11-9-3-6-14-10(9)7-12-8-1-4-13-5-2-8/h3,6,8,12H,1-2,4-5,7,11H2. The minimum absolute atomic E-state index is 0.602. The van der Waals surface area contributed by atoms with Gasteiger partial charge in [-0.2, -0.15) is 0 Å². The number of ether oxygens (including phenoxy) is 1. The van der Waals surface area contributed by atoms with Crippen molar-refractivity contribution in [2.45, 2.75) is 25.4 Å². The first-order valence-corrected chi connectivity index (χ1v) is 5.87. The largest absolute Gasteiger partial charge is 0.398 e. The van der Waals surface area contributed by atoms with Crippen LogP contribution < -0.4 is 11.1 Å². The fourth-order valence-corrected chi connectivity index (χ4v) is 2.38. The first-order chi connectivity index (χ1) is 6.86. The number of anilines is 1. The van der Waals surface area contributed by atoms with Crippen LogP contribution in [0, 0.1) is 0 Å². The number of nitrogens with one attached hydrogen (secondary N) is 1. The van der Waals surface area contributed by atoms with Gasteiger partial charge in [0.2, 0.25) is 0 Å². The molecule has 0 bridgehead atoms. The Kier molecular flexibility index (Phi) is 3.39. The zero-order valence-electron chi connectivity index (χ0n) is 8.16. The predicted octanol–water partition coefficient (Wildman–Crippen LogP) is 1.60. The minimum atomic E-state index is 0.602. The number of thiophene rings is 1. The maximum absolute atomic E-state index is 5.80. The fourth-order valence-electron chi connectivity index (χ4n) is 1.63. The Hall–Kier alpha value is -0.580. The predicted molar refractivity (Wildman–Crippen MR) is 59.4 cm³/mol. The number of nitrogens with two attached hydrogens (primary N) is 1. The van der Waals surface area contributed by atoms with Crippen LogP contribution in [0.3, 0.4) is 0 Å². The van der Waals surface area contributed by atoms with E-state index < -0.39 is 0 Å². The molecule has 0 aliphatic carbocycles. The van der Waals surface area contributed by atoms with Gasteiger partial charge in [0.1, 0.15) is 0 Å². The first kappa shape index (κ1) is 9.96. The monoisotopic (exact) mass is 212 g/mol. The Labute approximate surface area is 88.3 Å². The molecule has 0 radical (unpaired) electrons. The average Bonchev–Trinajstić information content (AvgIpc) is 2.63. The van der Waals surface area contributed by atoms with Gasteiger partial charge < -0.3 is 15.8 Å². The highest BCUT2D eigenvalue weighted by Crippen LogP contribution is 2.19. The SMILES string of the molecule is Nc1ccsc1CNC1CCOCC1. The first-order valence-electron chi connectivity index (χ1n) is 4.99. The molecule has 1 aliphatic rings. The van der Waals surface area contributed by atoms with Crippen LogP contribution in [-0.4, -0.2) is 19.3 Å².